The van der Waals surface area contributed by atoms with Crippen LogP contribution >= 0.6 is 0 Å². The number of amides is 1. The van der Waals surface area contributed by atoms with Crippen molar-refractivity contribution in [3.05, 3.63) is 23.8 Å². The van der Waals surface area contributed by atoms with Crippen LogP contribution in [-0.2, 0) is 0 Å². The Labute approximate surface area is 108 Å². The van der Waals surface area contributed by atoms with Crippen LogP contribution in [0.5, 0.6) is 0 Å². The molecule has 1 amide bonds. The molecule has 1 rings (SSSR count). The summed E-state index contributed by atoms with van der Waals surface area (Å²) in [5.74, 6) is -0.455. The number of nitrogen functional groups attached to an aromatic ring is 1. The number of primary amides is 1. The van der Waals surface area contributed by atoms with E-state index in [1.54, 1.807) is 12.1 Å². The van der Waals surface area contributed by atoms with Crippen molar-refractivity contribution >= 4 is 17.3 Å². The van der Waals surface area contributed by atoms with E-state index in [0.29, 0.717) is 11.3 Å². The number of benzene rings is 1. The minimum Gasteiger partial charge on any atom is -0.397 e. The molecule has 18 heavy (non-hydrogen) atoms. The number of carbonyl (C=O) groups excluding carboxylic acids is 1. The van der Waals surface area contributed by atoms with Gasteiger partial charge in [-0.15, -0.1) is 0 Å². The van der Waals surface area contributed by atoms with Crippen molar-refractivity contribution in [2.75, 3.05) is 44.9 Å². The maximum absolute atomic E-state index is 11.0. The van der Waals surface area contributed by atoms with Crippen LogP contribution < -0.4 is 16.4 Å². The standard InChI is InChI=1S/C13H22N4O/c1-16(2)7-4-8-17(3)12-6-5-10(13(15)18)9-11(12)14/h5-6,9H,4,7-8,14H2,1-3H3,(H2,15,18). The van der Waals surface area contributed by atoms with Gasteiger partial charge in [0.1, 0.15) is 0 Å². The Morgan fingerprint density at radius 1 is 1.22 bits per heavy atom. The summed E-state index contributed by atoms with van der Waals surface area (Å²) >= 11 is 0. The van der Waals surface area contributed by atoms with Crippen LogP contribution in [0.4, 0.5) is 11.4 Å². The summed E-state index contributed by atoms with van der Waals surface area (Å²) in [7, 11) is 6.09. The zero-order chi connectivity index (χ0) is 13.7. The largest absolute Gasteiger partial charge is 0.397 e. The molecule has 5 heteroatoms. The Morgan fingerprint density at radius 3 is 2.39 bits per heavy atom. The Bertz CT molecular complexity index is 417. The maximum Gasteiger partial charge on any atom is 0.248 e. The molecule has 0 heterocycles. The topological polar surface area (TPSA) is 75.6 Å². The SMILES string of the molecule is CN(C)CCCN(C)c1ccc(C(N)=O)cc1N. The number of nitrogens with two attached hydrogens (primary N) is 2. The van der Waals surface area contributed by atoms with Crippen LogP contribution in [0.1, 0.15) is 16.8 Å². The predicted octanol–water partition coefficient (Wildman–Crippen LogP) is 0.756. The Balaban J connectivity index is 2.68. The molecule has 0 unspecified atom stereocenters. The van der Waals surface area contributed by atoms with Crippen LogP contribution in [0.3, 0.4) is 0 Å². The highest BCUT2D eigenvalue weighted by Gasteiger charge is 2.08. The van der Waals surface area contributed by atoms with Crippen LogP contribution in [0.15, 0.2) is 18.2 Å². The van der Waals surface area contributed by atoms with E-state index in [-0.39, 0.29) is 0 Å². The van der Waals surface area contributed by atoms with Crippen LogP contribution in [-0.4, -0.2) is 45.0 Å². The van der Waals surface area contributed by atoms with Gasteiger partial charge in [0.2, 0.25) is 5.91 Å². The van der Waals surface area contributed by atoms with Crippen molar-refractivity contribution in [3.8, 4) is 0 Å². The van der Waals surface area contributed by atoms with E-state index in [0.717, 1.165) is 25.2 Å². The van der Waals surface area contributed by atoms with Gasteiger partial charge in [0.05, 0.1) is 11.4 Å². The second-order valence-electron chi connectivity index (χ2n) is 4.72. The van der Waals surface area contributed by atoms with Crippen LogP contribution in [0.25, 0.3) is 0 Å². The highest BCUT2D eigenvalue weighted by Crippen LogP contribution is 2.23. The van der Waals surface area contributed by atoms with Gasteiger partial charge in [0.15, 0.2) is 0 Å². The molecule has 0 aliphatic carbocycles. The second-order valence-corrected chi connectivity index (χ2v) is 4.72. The molecule has 0 spiro atoms. The molecule has 0 aromatic heterocycles. The Morgan fingerprint density at radius 2 is 1.89 bits per heavy atom. The van der Waals surface area contributed by atoms with Gasteiger partial charge in [-0.1, -0.05) is 0 Å². The lowest BCUT2D eigenvalue weighted by Gasteiger charge is -2.22. The van der Waals surface area contributed by atoms with Crippen molar-refractivity contribution in [3.63, 3.8) is 0 Å². The highest BCUT2D eigenvalue weighted by molar-refractivity contribution is 5.94. The molecule has 1 aromatic carbocycles. The van der Waals surface area contributed by atoms with Gasteiger partial charge in [-0.05, 0) is 45.3 Å². The lowest BCUT2D eigenvalue weighted by atomic mass is 10.1. The summed E-state index contributed by atoms with van der Waals surface area (Å²) in [4.78, 5) is 15.3. The van der Waals surface area contributed by atoms with Crippen molar-refractivity contribution in [2.24, 2.45) is 5.73 Å². The minimum atomic E-state index is -0.455. The molecule has 0 radical (unpaired) electrons. The van der Waals surface area contributed by atoms with Gasteiger partial charge < -0.3 is 21.3 Å². The van der Waals surface area contributed by atoms with Crippen molar-refractivity contribution in [2.45, 2.75) is 6.42 Å². The number of hydrogen-bond acceptors (Lipinski definition) is 4. The molecular formula is C13H22N4O. The number of nitrogens with zero attached hydrogens (tertiary/aromatic N) is 2. The monoisotopic (exact) mass is 250 g/mol. The van der Waals surface area contributed by atoms with Gasteiger partial charge in [0.25, 0.3) is 0 Å². The first-order valence-corrected chi connectivity index (χ1v) is 5.97. The van der Waals surface area contributed by atoms with E-state index in [4.69, 9.17) is 11.5 Å². The molecule has 0 bridgehead atoms. The summed E-state index contributed by atoms with van der Waals surface area (Å²) in [6, 6.07) is 5.17. The average Bonchev–Trinajstić information content (AvgIpc) is 2.27. The van der Waals surface area contributed by atoms with Gasteiger partial charge >= 0.3 is 0 Å². The fourth-order valence-electron chi connectivity index (χ4n) is 1.80. The molecule has 0 aliphatic heterocycles. The van der Waals surface area contributed by atoms with Crippen LogP contribution in [0, 0.1) is 0 Å². The number of hydrogen-bond donors (Lipinski definition) is 2. The van der Waals surface area contributed by atoms with E-state index in [1.165, 1.54) is 0 Å². The fourth-order valence-corrected chi connectivity index (χ4v) is 1.80. The summed E-state index contributed by atoms with van der Waals surface area (Å²) in [6.07, 6.45) is 1.06. The van der Waals surface area contributed by atoms with Crippen molar-refractivity contribution in [1.29, 1.82) is 0 Å². The van der Waals surface area contributed by atoms with E-state index >= 15 is 0 Å². The lowest BCUT2D eigenvalue weighted by molar-refractivity contribution is 0.100. The summed E-state index contributed by atoms with van der Waals surface area (Å²) in [5, 5.41) is 0. The van der Waals surface area contributed by atoms with E-state index in [1.807, 2.05) is 13.1 Å². The first-order valence-electron chi connectivity index (χ1n) is 5.97. The smallest absolute Gasteiger partial charge is 0.248 e. The van der Waals surface area contributed by atoms with Crippen LogP contribution in [0.2, 0.25) is 0 Å². The minimum absolute atomic E-state index is 0.443. The van der Waals surface area contributed by atoms with Crippen molar-refractivity contribution < 1.29 is 4.79 Å². The molecule has 0 saturated heterocycles. The van der Waals surface area contributed by atoms with Gasteiger partial charge in [-0.2, -0.15) is 0 Å². The molecule has 0 fully saturated rings. The zero-order valence-corrected chi connectivity index (χ0v) is 11.3. The summed E-state index contributed by atoms with van der Waals surface area (Å²) < 4.78 is 0. The van der Waals surface area contributed by atoms with E-state index in [2.05, 4.69) is 23.9 Å². The normalized spacial score (nSPS) is 10.7. The Hall–Kier alpha value is -1.75. The average molecular weight is 250 g/mol. The maximum atomic E-state index is 11.0. The van der Waals surface area contributed by atoms with E-state index < -0.39 is 5.91 Å². The summed E-state index contributed by atoms with van der Waals surface area (Å²) in [6.45, 7) is 1.95. The molecule has 1 aromatic rings. The fraction of sp³-hybridized carbons (Fsp3) is 0.462. The van der Waals surface area contributed by atoms with E-state index in [9.17, 15) is 4.79 Å². The first kappa shape index (κ1) is 14.3. The quantitative estimate of drug-likeness (QED) is 0.731. The van der Waals surface area contributed by atoms with Gasteiger partial charge in [0, 0.05) is 19.2 Å². The molecule has 0 saturated carbocycles. The number of carbonyl (C=O) groups is 1. The number of anilines is 2. The highest BCUT2D eigenvalue weighted by atomic mass is 16.1. The third-order valence-corrected chi connectivity index (χ3v) is 2.82. The number of rotatable bonds is 6. The third kappa shape index (κ3) is 3.92. The molecule has 5 nitrogen and oxygen atoms in total. The Kier molecular flexibility index (Phi) is 4.97. The summed E-state index contributed by atoms with van der Waals surface area (Å²) in [5.41, 5.74) is 13.1. The van der Waals surface area contributed by atoms with Gasteiger partial charge in [-0.25, -0.2) is 0 Å². The van der Waals surface area contributed by atoms with Gasteiger partial charge in [-0.3, -0.25) is 4.79 Å². The molecule has 100 valence electrons. The first-order chi connectivity index (χ1) is 8.41. The predicted molar refractivity (Wildman–Crippen MR) is 75.8 cm³/mol. The molecular weight excluding hydrogens is 228 g/mol. The lowest BCUT2D eigenvalue weighted by Crippen LogP contribution is -2.24. The third-order valence-electron chi connectivity index (χ3n) is 2.82. The molecule has 0 aliphatic rings. The molecule has 4 N–H and O–H groups in total. The second kappa shape index (κ2) is 6.26. The van der Waals surface area contributed by atoms with Crippen molar-refractivity contribution in [1.82, 2.24) is 4.90 Å². The zero-order valence-electron chi connectivity index (χ0n) is 11.3. The molecule has 0 atom stereocenters.